The Morgan fingerprint density at radius 3 is 1.31 bits per heavy atom. The molecule has 0 aromatic carbocycles. The third kappa shape index (κ3) is 14.6. The zero-order valence-electron chi connectivity index (χ0n) is 18.3. The van der Waals surface area contributed by atoms with Gasteiger partial charge in [-0.25, -0.2) is 0 Å². The van der Waals surface area contributed by atoms with Crippen molar-refractivity contribution in [1.82, 2.24) is 0 Å². The molecule has 0 aliphatic carbocycles. The highest BCUT2D eigenvalue weighted by atomic mass is 16.4. The van der Waals surface area contributed by atoms with E-state index in [2.05, 4.69) is 20.8 Å². The molecular formula is C24H48O2. The summed E-state index contributed by atoms with van der Waals surface area (Å²) in [4.78, 5) is 10.5. The van der Waals surface area contributed by atoms with Gasteiger partial charge in [0, 0.05) is 6.42 Å². The van der Waals surface area contributed by atoms with E-state index in [0.717, 1.165) is 12.8 Å². The number of aliphatic carboxylic acids is 1. The molecule has 0 rings (SSSR count). The van der Waals surface area contributed by atoms with E-state index in [1.165, 1.54) is 103 Å². The molecule has 2 heteroatoms. The maximum atomic E-state index is 10.5. The van der Waals surface area contributed by atoms with Crippen molar-refractivity contribution < 1.29 is 9.90 Å². The van der Waals surface area contributed by atoms with Gasteiger partial charge in [0.15, 0.2) is 0 Å². The number of carboxylic acid groups (broad SMARTS) is 1. The fourth-order valence-corrected chi connectivity index (χ4v) is 4.24. The summed E-state index contributed by atoms with van der Waals surface area (Å²) in [5.74, 6) is -0.650. The van der Waals surface area contributed by atoms with Crippen LogP contribution < -0.4 is 0 Å². The Morgan fingerprint density at radius 1 is 0.577 bits per heavy atom. The minimum Gasteiger partial charge on any atom is -0.481 e. The minimum absolute atomic E-state index is 0.343. The molecule has 0 spiro atoms. The zero-order chi connectivity index (χ0) is 19.5. The molecule has 0 radical (unpaired) electrons. The first-order chi connectivity index (χ1) is 12.6. The Hall–Kier alpha value is -0.530. The van der Waals surface area contributed by atoms with E-state index >= 15 is 0 Å². The molecule has 0 saturated carbocycles. The molecule has 1 N–H and O–H groups in total. The van der Waals surface area contributed by atoms with E-state index in [-0.39, 0.29) is 0 Å². The van der Waals surface area contributed by atoms with Crippen LogP contribution in [0.3, 0.4) is 0 Å². The third-order valence-electron chi connectivity index (χ3n) is 6.03. The highest BCUT2D eigenvalue weighted by Gasteiger charge is 2.27. The van der Waals surface area contributed by atoms with Gasteiger partial charge in [0.1, 0.15) is 0 Å². The van der Waals surface area contributed by atoms with E-state index < -0.39 is 5.97 Å². The van der Waals surface area contributed by atoms with Gasteiger partial charge in [-0.2, -0.15) is 0 Å². The maximum Gasteiger partial charge on any atom is 0.303 e. The third-order valence-corrected chi connectivity index (χ3v) is 6.03. The van der Waals surface area contributed by atoms with E-state index in [1.54, 1.807) is 0 Å². The molecule has 0 unspecified atom stereocenters. The number of hydrogen-bond donors (Lipinski definition) is 1. The van der Waals surface area contributed by atoms with Gasteiger partial charge >= 0.3 is 5.97 Å². The van der Waals surface area contributed by atoms with Gasteiger partial charge in [-0.1, -0.05) is 104 Å². The van der Waals surface area contributed by atoms with Crippen molar-refractivity contribution in [3.63, 3.8) is 0 Å². The van der Waals surface area contributed by atoms with Gasteiger partial charge in [-0.3, -0.25) is 4.79 Å². The predicted molar refractivity (Wildman–Crippen MR) is 115 cm³/mol. The topological polar surface area (TPSA) is 37.3 Å². The Balaban J connectivity index is 4.00. The minimum atomic E-state index is -0.650. The summed E-state index contributed by atoms with van der Waals surface area (Å²) in [7, 11) is 0. The highest BCUT2D eigenvalue weighted by Crippen LogP contribution is 2.41. The molecule has 0 bridgehead atoms. The Kier molecular flexibility index (Phi) is 17.5. The molecular weight excluding hydrogens is 320 g/mol. The molecule has 0 fully saturated rings. The number of carboxylic acids is 1. The van der Waals surface area contributed by atoms with Crippen LogP contribution in [0.15, 0.2) is 0 Å². The van der Waals surface area contributed by atoms with Crippen molar-refractivity contribution in [2.24, 2.45) is 5.41 Å². The van der Waals surface area contributed by atoms with Crippen molar-refractivity contribution in [2.75, 3.05) is 0 Å². The largest absolute Gasteiger partial charge is 0.481 e. The first-order valence-corrected chi connectivity index (χ1v) is 11.8. The van der Waals surface area contributed by atoms with Gasteiger partial charge in [-0.15, -0.1) is 0 Å². The van der Waals surface area contributed by atoms with Crippen molar-refractivity contribution in [3.8, 4) is 0 Å². The van der Waals surface area contributed by atoms with Crippen LogP contribution >= 0.6 is 0 Å². The van der Waals surface area contributed by atoms with Crippen molar-refractivity contribution in [2.45, 2.75) is 143 Å². The summed E-state index contributed by atoms with van der Waals surface area (Å²) in [5.41, 5.74) is 0.638. The van der Waals surface area contributed by atoms with Crippen LogP contribution in [0.1, 0.15) is 143 Å². The van der Waals surface area contributed by atoms with E-state index in [1.807, 2.05) is 0 Å². The SMILES string of the molecule is CCCCC(CCCC)(CCCC)CCCCCCCCCCC(=O)O. The maximum absolute atomic E-state index is 10.5. The Morgan fingerprint density at radius 2 is 0.923 bits per heavy atom. The molecule has 156 valence electrons. The molecule has 0 heterocycles. The molecule has 0 aliphatic heterocycles. The summed E-state index contributed by atoms with van der Waals surface area (Å²) in [6.45, 7) is 7.00. The number of rotatable bonds is 20. The van der Waals surface area contributed by atoms with Crippen molar-refractivity contribution >= 4 is 5.97 Å². The summed E-state index contributed by atoms with van der Waals surface area (Å²) in [5, 5.41) is 8.64. The predicted octanol–water partition coefficient (Wildman–Crippen LogP) is 8.53. The smallest absolute Gasteiger partial charge is 0.303 e. The van der Waals surface area contributed by atoms with Crippen LogP contribution in [0.25, 0.3) is 0 Å². The lowest BCUT2D eigenvalue weighted by atomic mass is 9.71. The van der Waals surface area contributed by atoms with Crippen LogP contribution in [-0.2, 0) is 4.79 Å². The Bertz CT molecular complexity index is 290. The molecule has 0 saturated heterocycles. The monoisotopic (exact) mass is 368 g/mol. The van der Waals surface area contributed by atoms with Crippen LogP contribution in [0.5, 0.6) is 0 Å². The number of carbonyl (C=O) groups is 1. The van der Waals surface area contributed by atoms with Crippen molar-refractivity contribution in [3.05, 3.63) is 0 Å². The lowest BCUT2D eigenvalue weighted by molar-refractivity contribution is -0.137. The van der Waals surface area contributed by atoms with E-state index in [0.29, 0.717) is 11.8 Å². The molecule has 0 aliphatic rings. The normalized spacial score (nSPS) is 11.8. The molecule has 0 atom stereocenters. The average molecular weight is 369 g/mol. The van der Waals surface area contributed by atoms with Crippen LogP contribution in [0.2, 0.25) is 0 Å². The fraction of sp³-hybridized carbons (Fsp3) is 0.958. The van der Waals surface area contributed by atoms with E-state index in [4.69, 9.17) is 5.11 Å². The summed E-state index contributed by atoms with van der Waals surface area (Å²) < 4.78 is 0. The molecule has 26 heavy (non-hydrogen) atoms. The molecule has 0 aromatic rings. The first kappa shape index (κ1) is 25.5. The van der Waals surface area contributed by atoms with Crippen LogP contribution in [0.4, 0.5) is 0 Å². The lowest BCUT2D eigenvalue weighted by Crippen LogP contribution is -2.21. The Labute approximate surface area is 164 Å². The summed E-state index contributed by atoms with van der Waals surface area (Å²) >= 11 is 0. The number of unbranched alkanes of at least 4 members (excludes halogenated alkanes) is 10. The van der Waals surface area contributed by atoms with Gasteiger partial charge in [-0.05, 0) is 37.5 Å². The average Bonchev–Trinajstić information content (AvgIpc) is 2.63. The molecule has 0 amide bonds. The van der Waals surface area contributed by atoms with Crippen LogP contribution in [-0.4, -0.2) is 11.1 Å². The van der Waals surface area contributed by atoms with Gasteiger partial charge in [0.2, 0.25) is 0 Å². The van der Waals surface area contributed by atoms with Gasteiger partial charge in [0.25, 0.3) is 0 Å². The summed E-state index contributed by atoms with van der Waals surface area (Å²) in [6, 6.07) is 0. The quantitative estimate of drug-likeness (QED) is 0.219. The zero-order valence-corrected chi connectivity index (χ0v) is 18.3. The van der Waals surface area contributed by atoms with Crippen molar-refractivity contribution in [1.29, 1.82) is 0 Å². The first-order valence-electron chi connectivity index (χ1n) is 11.8. The second-order valence-electron chi connectivity index (χ2n) is 8.53. The molecule has 2 nitrogen and oxygen atoms in total. The van der Waals surface area contributed by atoms with Crippen LogP contribution in [0, 0.1) is 5.41 Å². The second-order valence-corrected chi connectivity index (χ2v) is 8.53. The highest BCUT2D eigenvalue weighted by molar-refractivity contribution is 5.66. The van der Waals surface area contributed by atoms with Gasteiger partial charge < -0.3 is 5.11 Å². The fourth-order valence-electron chi connectivity index (χ4n) is 4.24. The summed E-state index contributed by atoms with van der Waals surface area (Å²) in [6.07, 6.45) is 24.3. The lowest BCUT2D eigenvalue weighted by Gasteiger charge is -2.35. The van der Waals surface area contributed by atoms with Gasteiger partial charge in [0.05, 0.1) is 0 Å². The van der Waals surface area contributed by atoms with E-state index in [9.17, 15) is 4.79 Å². The second kappa shape index (κ2) is 17.9. The standard InChI is InChI=1S/C24H48O2/c1-4-7-19-24(20-8-5-2,21-9-6-3)22-17-15-13-11-10-12-14-16-18-23(25)26/h4-22H2,1-3H3,(H,25,26). The number of hydrogen-bond acceptors (Lipinski definition) is 1. The molecule has 0 aromatic heterocycles.